The van der Waals surface area contributed by atoms with Crippen LogP contribution in [-0.2, 0) is 17.9 Å². The second-order valence-electron chi connectivity index (χ2n) is 8.85. The lowest BCUT2D eigenvalue weighted by Crippen LogP contribution is -2.29. The molecule has 0 bridgehead atoms. The SMILES string of the molecule is CCC(=O)N(Cc1ccc2c(c1)OCO2)Cc1cc2ccc(C)cc2nc1-c1cccc(C)c1. The molecule has 2 heterocycles. The summed E-state index contributed by atoms with van der Waals surface area (Å²) in [6, 6.07) is 22.7. The number of rotatable bonds is 6. The largest absolute Gasteiger partial charge is 0.454 e. The van der Waals surface area contributed by atoms with Crippen LogP contribution >= 0.6 is 0 Å². The first kappa shape index (κ1) is 22.0. The summed E-state index contributed by atoms with van der Waals surface area (Å²) in [5.74, 6) is 1.56. The van der Waals surface area contributed by atoms with E-state index in [2.05, 4.69) is 62.4 Å². The molecule has 5 rings (SSSR count). The van der Waals surface area contributed by atoms with E-state index in [9.17, 15) is 4.79 Å². The first-order chi connectivity index (χ1) is 16.5. The Morgan fingerprint density at radius 1 is 0.912 bits per heavy atom. The number of carbonyl (C=O) groups excluding carboxylic acids is 1. The zero-order valence-corrected chi connectivity index (χ0v) is 19.8. The van der Waals surface area contributed by atoms with Gasteiger partial charge in [0.15, 0.2) is 11.5 Å². The Morgan fingerprint density at radius 3 is 2.56 bits per heavy atom. The molecule has 0 spiro atoms. The van der Waals surface area contributed by atoms with Crippen LogP contribution < -0.4 is 9.47 Å². The van der Waals surface area contributed by atoms with Gasteiger partial charge in [0, 0.05) is 30.5 Å². The van der Waals surface area contributed by atoms with Gasteiger partial charge in [-0.25, -0.2) is 4.98 Å². The molecular formula is C29H28N2O3. The molecule has 34 heavy (non-hydrogen) atoms. The molecule has 0 aliphatic carbocycles. The summed E-state index contributed by atoms with van der Waals surface area (Å²) in [6.07, 6.45) is 0.435. The van der Waals surface area contributed by atoms with E-state index in [0.717, 1.165) is 44.8 Å². The lowest BCUT2D eigenvalue weighted by Gasteiger charge is -2.24. The Bertz CT molecular complexity index is 1380. The fraction of sp³-hybridized carbons (Fsp3) is 0.241. The van der Waals surface area contributed by atoms with E-state index < -0.39 is 0 Å². The van der Waals surface area contributed by atoms with Crippen molar-refractivity contribution in [2.45, 2.75) is 40.3 Å². The monoisotopic (exact) mass is 452 g/mol. The van der Waals surface area contributed by atoms with Gasteiger partial charge in [-0.2, -0.15) is 0 Å². The lowest BCUT2D eigenvalue weighted by atomic mass is 10.0. The Labute approximate surface area is 200 Å². The van der Waals surface area contributed by atoms with E-state index in [4.69, 9.17) is 14.5 Å². The number of pyridine rings is 1. The Balaban J connectivity index is 1.55. The maximum atomic E-state index is 13.0. The molecule has 1 aliphatic rings. The number of aryl methyl sites for hydroxylation is 2. The number of aromatic nitrogens is 1. The minimum Gasteiger partial charge on any atom is -0.454 e. The molecule has 5 nitrogen and oxygen atoms in total. The minimum absolute atomic E-state index is 0.0943. The fourth-order valence-electron chi connectivity index (χ4n) is 4.40. The Kier molecular flexibility index (Phi) is 5.93. The van der Waals surface area contributed by atoms with Crippen molar-refractivity contribution in [2.24, 2.45) is 0 Å². The normalized spacial score (nSPS) is 12.2. The van der Waals surface area contributed by atoms with Gasteiger partial charge in [-0.15, -0.1) is 0 Å². The van der Waals surface area contributed by atoms with Gasteiger partial charge in [0.25, 0.3) is 0 Å². The standard InChI is InChI=1S/C29H28N2O3/c1-4-28(32)31(16-21-9-11-26-27(14-21)34-18-33-26)17-24-15-22-10-8-20(3)13-25(22)30-29(24)23-7-5-6-19(2)12-23/h5-15H,4,16-18H2,1-3H3. The van der Waals surface area contributed by atoms with Crippen LogP contribution in [-0.4, -0.2) is 22.6 Å². The summed E-state index contributed by atoms with van der Waals surface area (Å²) in [4.78, 5) is 20.0. The average molecular weight is 453 g/mol. The summed E-state index contributed by atoms with van der Waals surface area (Å²) in [5.41, 5.74) is 7.33. The van der Waals surface area contributed by atoms with Crippen LogP contribution in [0.4, 0.5) is 0 Å². The number of fused-ring (bicyclic) bond motifs is 2. The van der Waals surface area contributed by atoms with Gasteiger partial charge >= 0.3 is 0 Å². The van der Waals surface area contributed by atoms with Gasteiger partial charge in [-0.1, -0.05) is 48.9 Å². The maximum absolute atomic E-state index is 13.0. The number of hydrogen-bond acceptors (Lipinski definition) is 4. The van der Waals surface area contributed by atoms with Crippen LogP contribution in [0.2, 0.25) is 0 Å². The lowest BCUT2D eigenvalue weighted by molar-refractivity contribution is -0.132. The van der Waals surface area contributed by atoms with Crippen LogP contribution in [0, 0.1) is 13.8 Å². The summed E-state index contributed by atoms with van der Waals surface area (Å²) in [6.45, 7) is 7.26. The zero-order chi connectivity index (χ0) is 23.7. The van der Waals surface area contributed by atoms with Crippen molar-refractivity contribution in [3.8, 4) is 22.8 Å². The fourth-order valence-corrected chi connectivity index (χ4v) is 4.40. The van der Waals surface area contributed by atoms with Gasteiger partial charge in [-0.05, 0) is 60.9 Å². The number of ether oxygens (including phenoxy) is 2. The molecule has 0 saturated heterocycles. The Hall–Kier alpha value is -3.86. The van der Waals surface area contributed by atoms with Crippen molar-refractivity contribution in [1.82, 2.24) is 9.88 Å². The van der Waals surface area contributed by atoms with Crippen molar-refractivity contribution in [1.29, 1.82) is 0 Å². The number of hydrogen-bond donors (Lipinski definition) is 0. The molecule has 1 aromatic heterocycles. The van der Waals surface area contributed by atoms with Crippen LogP contribution in [0.3, 0.4) is 0 Å². The molecule has 0 unspecified atom stereocenters. The molecule has 0 atom stereocenters. The van der Waals surface area contributed by atoms with E-state index in [1.165, 1.54) is 11.1 Å². The van der Waals surface area contributed by atoms with Gasteiger partial charge in [0.1, 0.15) is 0 Å². The van der Waals surface area contributed by atoms with Crippen LogP contribution in [0.15, 0.2) is 66.7 Å². The third kappa shape index (κ3) is 4.46. The highest BCUT2D eigenvalue weighted by Crippen LogP contribution is 2.33. The average Bonchev–Trinajstić information content (AvgIpc) is 3.31. The molecule has 0 saturated carbocycles. The second kappa shape index (κ2) is 9.18. The molecule has 172 valence electrons. The third-order valence-corrected chi connectivity index (χ3v) is 6.17. The smallest absolute Gasteiger partial charge is 0.231 e. The van der Waals surface area contributed by atoms with Crippen molar-refractivity contribution in [3.63, 3.8) is 0 Å². The molecular weight excluding hydrogens is 424 g/mol. The van der Waals surface area contributed by atoms with E-state index >= 15 is 0 Å². The van der Waals surface area contributed by atoms with Crippen LogP contribution in [0.25, 0.3) is 22.2 Å². The van der Waals surface area contributed by atoms with Gasteiger partial charge < -0.3 is 14.4 Å². The molecule has 1 aliphatic heterocycles. The molecule has 1 amide bonds. The minimum atomic E-state index is 0.0943. The molecule has 5 heteroatoms. The zero-order valence-electron chi connectivity index (χ0n) is 19.8. The van der Waals surface area contributed by atoms with Gasteiger partial charge in [-0.3, -0.25) is 4.79 Å². The molecule has 0 fully saturated rings. The topological polar surface area (TPSA) is 51.7 Å². The quantitative estimate of drug-likeness (QED) is 0.350. The van der Waals surface area contributed by atoms with Crippen molar-refractivity contribution in [3.05, 3.63) is 89.0 Å². The van der Waals surface area contributed by atoms with Crippen LogP contribution in [0.1, 0.15) is 35.6 Å². The van der Waals surface area contributed by atoms with E-state index in [1.54, 1.807) is 0 Å². The number of nitrogens with zero attached hydrogens (tertiary/aromatic N) is 2. The number of carbonyl (C=O) groups is 1. The highest BCUT2D eigenvalue weighted by Gasteiger charge is 2.19. The highest BCUT2D eigenvalue weighted by atomic mass is 16.7. The summed E-state index contributed by atoms with van der Waals surface area (Å²) in [5, 5.41) is 1.07. The van der Waals surface area contributed by atoms with Crippen molar-refractivity contribution < 1.29 is 14.3 Å². The summed E-state index contributed by atoms with van der Waals surface area (Å²) >= 11 is 0. The van der Waals surface area contributed by atoms with Crippen molar-refractivity contribution >= 4 is 16.8 Å². The molecule has 3 aromatic carbocycles. The summed E-state index contributed by atoms with van der Waals surface area (Å²) < 4.78 is 11.0. The van der Waals surface area contributed by atoms with Crippen LogP contribution in [0.5, 0.6) is 11.5 Å². The molecule has 0 radical (unpaired) electrons. The first-order valence-electron chi connectivity index (χ1n) is 11.6. The predicted molar refractivity (Wildman–Crippen MR) is 134 cm³/mol. The highest BCUT2D eigenvalue weighted by molar-refractivity contribution is 5.84. The predicted octanol–water partition coefficient (Wildman–Crippen LogP) is 6.19. The number of amides is 1. The first-order valence-corrected chi connectivity index (χ1v) is 11.6. The van der Waals surface area contributed by atoms with Gasteiger partial charge in [0.2, 0.25) is 12.7 Å². The van der Waals surface area contributed by atoms with Gasteiger partial charge in [0.05, 0.1) is 11.2 Å². The van der Waals surface area contributed by atoms with Crippen molar-refractivity contribution in [2.75, 3.05) is 6.79 Å². The van der Waals surface area contributed by atoms with E-state index in [0.29, 0.717) is 19.5 Å². The number of benzene rings is 3. The van der Waals surface area contributed by atoms with E-state index in [1.807, 2.05) is 30.0 Å². The maximum Gasteiger partial charge on any atom is 0.231 e. The second-order valence-corrected chi connectivity index (χ2v) is 8.85. The summed E-state index contributed by atoms with van der Waals surface area (Å²) in [7, 11) is 0. The third-order valence-electron chi connectivity index (χ3n) is 6.17. The Morgan fingerprint density at radius 2 is 1.74 bits per heavy atom. The molecule has 4 aromatic rings. The molecule has 0 N–H and O–H groups in total. The van der Waals surface area contributed by atoms with E-state index in [-0.39, 0.29) is 12.7 Å².